The third kappa shape index (κ3) is 3.74. The number of hydrogen-bond acceptors (Lipinski definition) is 4. The van der Waals surface area contributed by atoms with E-state index in [2.05, 4.69) is 37.5 Å². The molecule has 1 aromatic rings. The van der Waals surface area contributed by atoms with Crippen LogP contribution in [-0.4, -0.2) is 45.8 Å². The van der Waals surface area contributed by atoms with Crippen LogP contribution in [0.2, 0.25) is 0 Å². The summed E-state index contributed by atoms with van der Waals surface area (Å²) in [6, 6.07) is 0.211. The Morgan fingerprint density at radius 3 is 2.95 bits per heavy atom. The van der Waals surface area contributed by atoms with E-state index in [1.165, 1.54) is 24.3 Å². The molecule has 22 heavy (non-hydrogen) atoms. The molecular formula is C15H26N6S. The summed E-state index contributed by atoms with van der Waals surface area (Å²) in [6.07, 6.45) is 4.83. The van der Waals surface area contributed by atoms with Crippen LogP contribution >= 0.6 is 11.8 Å². The smallest absolute Gasteiger partial charge is 0.191 e. The lowest BCUT2D eigenvalue weighted by Crippen LogP contribution is -2.43. The highest BCUT2D eigenvalue weighted by molar-refractivity contribution is 7.99. The van der Waals surface area contributed by atoms with Gasteiger partial charge in [0.2, 0.25) is 0 Å². The molecule has 0 saturated carbocycles. The number of aromatic nitrogens is 3. The van der Waals surface area contributed by atoms with Crippen molar-refractivity contribution in [3.63, 3.8) is 0 Å². The number of hydrogen-bond donors (Lipinski definition) is 2. The topological polar surface area (TPSA) is 67.1 Å². The van der Waals surface area contributed by atoms with Crippen LogP contribution in [0, 0.1) is 12.8 Å². The van der Waals surface area contributed by atoms with Crippen molar-refractivity contribution in [2.75, 3.05) is 25.1 Å². The monoisotopic (exact) mass is 322 g/mol. The van der Waals surface area contributed by atoms with Gasteiger partial charge in [-0.25, -0.2) is 9.67 Å². The average Bonchev–Trinajstić information content (AvgIpc) is 2.93. The van der Waals surface area contributed by atoms with Gasteiger partial charge in [0.15, 0.2) is 5.96 Å². The molecule has 2 aliphatic heterocycles. The van der Waals surface area contributed by atoms with Crippen LogP contribution in [0.3, 0.4) is 0 Å². The number of rotatable bonds is 3. The van der Waals surface area contributed by atoms with Crippen molar-refractivity contribution in [2.24, 2.45) is 10.9 Å². The normalized spacial score (nSPS) is 23.2. The van der Waals surface area contributed by atoms with Gasteiger partial charge in [-0.3, -0.25) is 4.99 Å². The Hall–Kier alpha value is -1.24. The molecule has 0 amide bonds. The van der Waals surface area contributed by atoms with Gasteiger partial charge < -0.3 is 10.6 Å². The van der Waals surface area contributed by atoms with E-state index in [9.17, 15) is 0 Å². The molecule has 2 aliphatic rings. The lowest BCUT2D eigenvalue weighted by molar-refractivity contribution is 0.395. The average molecular weight is 322 g/mol. The molecule has 0 spiro atoms. The van der Waals surface area contributed by atoms with Gasteiger partial charge in [0.05, 0.1) is 6.04 Å². The molecular weight excluding hydrogens is 296 g/mol. The highest BCUT2D eigenvalue weighted by Crippen LogP contribution is 2.23. The molecule has 3 heterocycles. The van der Waals surface area contributed by atoms with Gasteiger partial charge in [-0.2, -0.15) is 16.9 Å². The highest BCUT2D eigenvalue weighted by Gasteiger charge is 2.24. The van der Waals surface area contributed by atoms with Crippen LogP contribution in [0.4, 0.5) is 0 Å². The molecule has 0 radical (unpaired) electrons. The molecule has 0 aromatic carbocycles. The first-order valence-electron chi connectivity index (χ1n) is 8.22. The minimum atomic E-state index is 0.211. The summed E-state index contributed by atoms with van der Waals surface area (Å²) in [5, 5.41) is 11.5. The van der Waals surface area contributed by atoms with Crippen molar-refractivity contribution in [2.45, 2.75) is 45.2 Å². The predicted molar refractivity (Wildman–Crippen MR) is 91.3 cm³/mol. The first-order chi connectivity index (χ1) is 10.8. The highest BCUT2D eigenvalue weighted by atomic mass is 32.2. The van der Waals surface area contributed by atoms with Crippen LogP contribution in [0.1, 0.15) is 43.4 Å². The van der Waals surface area contributed by atoms with Crippen molar-refractivity contribution in [1.29, 1.82) is 0 Å². The Kier molecular flexibility index (Phi) is 5.23. The summed E-state index contributed by atoms with van der Waals surface area (Å²) in [5.74, 6) is 6.15. The first-order valence-corrected chi connectivity index (χ1v) is 9.38. The van der Waals surface area contributed by atoms with Crippen LogP contribution in [0.25, 0.3) is 0 Å². The second-order valence-electron chi connectivity index (χ2n) is 6.09. The van der Waals surface area contributed by atoms with Gasteiger partial charge in [-0.05, 0) is 50.0 Å². The number of nitrogens with one attached hydrogen (secondary N) is 2. The fourth-order valence-corrected chi connectivity index (χ4v) is 4.36. The Morgan fingerprint density at radius 1 is 1.36 bits per heavy atom. The van der Waals surface area contributed by atoms with Gasteiger partial charge >= 0.3 is 0 Å². The zero-order chi connectivity index (χ0) is 15.4. The van der Waals surface area contributed by atoms with Crippen molar-refractivity contribution in [1.82, 2.24) is 25.4 Å². The minimum Gasteiger partial charge on any atom is -0.356 e. The maximum absolute atomic E-state index is 4.57. The summed E-state index contributed by atoms with van der Waals surface area (Å²) >= 11 is 2.07. The van der Waals surface area contributed by atoms with Crippen molar-refractivity contribution >= 4 is 17.7 Å². The van der Waals surface area contributed by atoms with Crippen molar-refractivity contribution in [3.8, 4) is 0 Å². The standard InChI is InChI=1S/C15H26N6S/c1-11-18-14-13(4-3-7-21(14)20-11)19-15(16-2)17-10-12-5-8-22-9-6-12/h12-13H,3-10H2,1-2H3,(H2,16,17,19). The quantitative estimate of drug-likeness (QED) is 0.655. The molecule has 7 heteroatoms. The third-order valence-corrected chi connectivity index (χ3v) is 5.46. The molecule has 122 valence electrons. The number of thioether (sulfide) groups is 1. The zero-order valence-electron chi connectivity index (χ0n) is 13.5. The van der Waals surface area contributed by atoms with Gasteiger partial charge in [0.25, 0.3) is 0 Å². The molecule has 1 saturated heterocycles. The van der Waals surface area contributed by atoms with E-state index in [-0.39, 0.29) is 6.04 Å². The SMILES string of the molecule is CN=C(NCC1CCSCC1)NC1CCCn2nc(C)nc21. The van der Waals surface area contributed by atoms with Crippen LogP contribution in [-0.2, 0) is 6.54 Å². The van der Waals surface area contributed by atoms with E-state index < -0.39 is 0 Å². The summed E-state index contributed by atoms with van der Waals surface area (Å²) in [6.45, 7) is 3.94. The number of aryl methyl sites for hydroxylation is 2. The van der Waals surface area contributed by atoms with E-state index >= 15 is 0 Å². The second kappa shape index (κ2) is 7.35. The van der Waals surface area contributed by atoms with Gasteiger partial charge in [0, 0.05) is 20.1 Å². The number of aliphatic imine (C=N–C) groups is 1. The van der Waals surface area contributed by atoms with E-state index in [1.54, 1.807) is 0 Å². The van der Waals surface area contributed by atoms with Crippen LogP contribution in [0.15, 0.2) is 4.99 Å². The fraction of sp³-hybridized carbons (Fsp3) is 0.800. The Bertz CT molecular complexity index is 520. The largest absolute Gasteiger partial charge is 0.356 e. The summed E-state index contributed by atoms with van der Waals surface area (Å²) in [4.78, 5) is 8.95. The van der Waals surface area contributed by atoms with E-state index in [4.69, 9.17) is 0 Å². The molecule has 0 bridgehead atoms. The lowest BCUT2D eigenvalue weighted by atomic mass is 10.0. The Balaban J connectivity index is 1.56. The molecule has 0 aliphatic carbocycles. The molecule has 6 nitrogen and oxygen atoms in total. The molecule has 2 N–H and O–H groups in total. The number of fused-ring (bicyclic) bond motifs is 1. The zero-order valence-corrected chi connectivity index (χ0v) is 14.3. The summed E-state index contributed by atoms with van der Waals surface area (Å²) in [5.41, 5.74) is 0. The third-order valence-electron chi connectivity index (χ3n) is 4.41. The first kappa shape index (κ1) is 15.6. The van der Waals surface area contributed by atoms with E-state index in [1.807, 2.05) is 18.7 Å². The molecule has 1 unspecified atom stereocenters. The molecule has 1 atom stereocenters. The van der Waals surface area contributed by atoms with Gasteiger partial charge in [-0.1, -0.05) is 0 Å². The number of nitrogens with zero attached hydrogens (tertiary/aromatic N) is 4. The Morgan fingerprint density at radius 2 is 2.18 bits per heavy atom. The van der Waals surface area contributed by atoms with Crippen molar-refractivity contribution in [3.05, 3.63) is 11.6 Å². The fourth-order valence-electron chi connectivity index (χ4n) is 3.16. The van der Waals surface area contributed by atoms with Crippen LogP contribution < -0.4 is 10.6 Å². The Labute approximate surface area is 136 Å². The van der Waals surface area contributed by atoms with Gasteiger partial charge in [-0.15, -0.1) is 0 Å². The molecule has 1 fully saturated rings. The predicted octanol–water partition coefficient (Wildman–Crippen LogP) is 1.73. The van der Waals surface area contributed by atoms with E-state index in [0.29, 0.717) is 0 Å². The maximum atomic E-state index is 4.57. The second-order valence-corrected chi connectivity index (χ2v) is 7.31. The maximum Gasteiger partial charge on any atom is 0.191 e. The molecule has 3 rings (SSSR count). The van der Waals surface area contributed by atoms with Gasteiger partial charge in [0.1, 0.15) is 11.6 Å². The lowest BCUT2D eigenvalue weighted by Gasteiger charge is -2.27. The van der Waals surface area contributed by atoms with E-state index in [0.717, 1.165) is 49.5 Å². The van der Waals surface area contributed by atoms with Crippen molar-refractivity contribution < 1.29 is 0 Å². The molecule has 1 aromatic heterocycles. The number of guanidine groups is 1. The summed E-state index contributed by atoms with van der Waals surface area (Å²) < 4.78 is 2.03. The minimum absolute atomic E-state index is 0.211. The van der Waals surface area contributed by atoms with Crippen LogP contribution in [0.5, 0.6) is 0 Å². The summed E-state index contributed by atoms with van der Waals surface area (Å²) in [7, 11) is 1.84.